The molecule has 0 radical (unpaired) electrons. The van der Waals surface area contributed by atoms with E-state index in [1.54, 1.807) is 18.2 Å². The lowest BCUT2D eigenvalue weighted by Gasteiger charge is -2.04. The standard InChI is InChI=1S/C11H9NO3/c1-6-2-3-7-9(12-6)5-4-8(10(7)13)11(14)15/h2-5,13H,1H3,(H,14,15). The van der Waals surface area contributed by atoms with Crippen molar-refractivity contribution in [3.05, 3.63) is 35.5 Å². The highest BCUT2D eigenvalue weighted by Crippen LogP contribution is 2.27. The highest BCUT2D eigenvalue weighted by atomic mass is 16.4. The van der Waals surface area contributed by atoms with E-state index in [1.807, 2.05) is 6.92 Å². The summed E-state index contributed by atoms with van der Waals surface area (Å²) in [5.41, 5.74) is 1.32. The van der Waals surface area contributed by atoms with Gasteiger partial charge in [-0.2, -0.15) is 0 Å². The Bertz CT molecular complexity index is 549. The number of benzene rings is 1. The summed E-state index contributed by atoms with van der Waals surface area (Å²) >= 11 is 0. The van der Waals surface area contributed by atoms with E-state index in [9.17, 15) is 9.90 Å². The highest BCUT2D eigenvalue weighted by Gasteiger charge is 2.12. The molecule has 0 aliphatic heterocycles. The molecule has 4 heteroatoms. The van der Waals surface area contributed by atoms with E-state index in [4.69, 9.17) is 5.11 Å². The molecule has 1 aromatic heterocycles. The summed E-state index contributed by atoms with van der Waals surface area (Å²) in [6.07, 6.45) is 0. The van der Waals surface area contributed by atoms with E-state index < -0.39 is 5.97 Å². The molecule has 0 atom stereocenters. The second kappa shape index (κ2) is 3.24. The van der Waals surface area contributed by atoms with Gasteiger partial charge in [0.25, 0.3) is 0 Å². The average Bonchev–Trinajstić information content (AvgIpc) is 2.17. The third-order valence-corrected chi connectivity index (χ3v) is 2.21. The van der Waals surface area contributed by atoms with Gasteiger partial charge in [-0.15, -0.1) is 0 Å². The summed E-state index contributed by atoms with van der Waals surface area (Å²) in [5, 5.41) is 18.9. The van der Waals surface area contributed by atoms with Crippen LogP contribution in [0.25, 0.3) is 10.9 Å². The molecule has 0 aliphatic rings. The summed E-state index contributed by atoms with van der Waals surface area (Å²) in [6.45, 7) is 1.83. The molecular weight excluding hydrogens is 194 g/mol. The number of carboxylic acid groups (broad SMARTS) is 1. The molecule has 0 saturated carbocycles. The van der Waals surface area contributed by atoms with Crippen LogP contribution < -0.4 is 0 Å². The fourth-order valence-corrected chi connectivity index (χ4v) is 1.46. The number of hydrogen-bond acceptors (Lipinski definition) is 3. The molecule has 0 aliphatic carbocycles. The van der Waals surface area contributed by atoms with Crippen LogP contribution in [-0.2, 0) is 0 Å². The van der Waals surface area contributed by atoms with E-state index >= 15 is 0 Å². The van der Waals surface area contributed by atoms with Gasteiger partial charge in [-0.3, -0.25) is 4.98 Å². The van der Waals surface area contributed by atoms with E-state index in [0.717, 1.165) is 5.69 Å². The van der Waals surface area contributed by atoms with Crippen molar-refractivity contribution < 1.29 is 15.0 Å². The molecule has 0 saturated heterocycles. The van der Waals surface area contributed by atoms with Crippen LogP contribution in [0.1, 0.15) is 16.1 Å². The Balaban J connectivity index is 2.80. The summed E-state index contributed by atoms with van der Waals surface area (Å²) in [6, 6.07) is 6.34. The molecule has 4 nitrogen and oxygen atoms in total. The lowest BCUT2D eigenvalue weighted by atomic mass is 10.1. The van der Waals surface area contributed by atoms with Crippen LogP contribution in [0.3, 0.4) is 0 Å². The van der Waals surface area contributed by atoms with Gasteiger partial charge in [0.05, 0.1) is 5.52 Å². The number of carboxylic acids is 1. The predicted octanol–water partition coefficient (Wildman–Crippen LogP) is 1.95. The maximum atomic E-state index is 10.8. The SMILES string of the molecule is Cc1ccc2c(O)c(C(=O)O)ccc2n1. The van der Waals surface area contributed by atoms with E-state index in [1.165, 1.54) is 6.07 Å². The van der Waals surface area contributed by atoms with Gasteiger partial charge >= 0.3 is 5.97 Å². The van der Waals surface area contributed by atoms with Crippen LogP contribution in [-0.4, -0.2) is 21.2 Å². The van der Waals surface area contributed by atoms with Gasteiger partial charge in [-0.25, -0.2) is 4.79 Å². The Morgan fingerprint density at radius 1 is 1.27 bits per heavy atom. The number of aryl methyl sites for hydroxylation is 1. The van der Waals surface area contributed by atoms with Crippen molar-refractivity contribution >= 4 is 16.9 Å². The van der Waals surface area contributed by atoms with Gasteiger partial charge in [-0.05, 0) is 31.2 Å². The van der Waals surface area contributed by atoms with Crippen LogP contribution >= 0.6 is 0 Å². The number of rotatable bonds is 1. The molecule has 1 heterocycles. The van der Waals surface area contributed by atoms with Gasteiger partial charge < -0.3 is 10.2 Å². The number of aromatic nitrogens is 1. The predicted molar refractivity (Wildman–Crippen MR) is 55.1 cm³/mol. The Labute approximate surface area is 85.8 Å². The number of aromatic carboxylic acids is 1. The van der Waals surface area contributed by atoms with Crippen LogP contribution in [0.2, 0.25) is 0 Å². The van der Waals surface area contributed by atoms with Crippen LogP contribution in [0.5, 0.6) is 5.75 Å². The van der Waals surface area contributed by atoms with Crippen molar-refractivity contribution in [2.24, 2.45) is 0 Å². The summed E-state index contributed by atoms with van der Waals surface area (Å²) < 4.78 is 0. The van der Waals surface area contributed by atoms with Gasteiger partial charge in [0.2, 0.25) is 0 Å². The van der Waals surface area contributed by atoms with Crippen molar-refractivity contribution in [2.45, 2.75) is 6.92 Å². The van der Waals surface area contributed by atoms with Crippen LogP contribution in [0.15, 0.2) is 24.3 Å². The fourth-order valence-electron chi connectivity index (χ4n) is 1.46. The summed E-state index contributed by atoms with van der Waals surface area (Å²) in [7, 11) is 0. The molecule has 15 heavy (non-hydrogen) atoms. The number of phenols is 1. The van der Waals surface area contributed by atoms with Gasteiger partial charge in [0, 0.05) is 11.1 Å². The van der Waals surface area contributed by atoms with Crippen molar-refractivity contribution in [2.75, 3.05) is 0 Å². The third-order valence-electron chi connectivity index (χ3n) is 2.21. The van der Waals surface area contributed by atoms with Crippen molar-refractivity contribution in [1.82, 2.24) is 4.98 Å². The van der Waals surface area contributed by atoms with Gasteiger partial charge in [-0.1, -0.05) is 0 Å². The van der Waals surface area contributed by atoms with Crippen LogP contribution in [0.4, 0.5) is 0 Å². The quantitative estimate of drug-likeness (QED) is 0.743. The maximum absolute atomic E-state index is 10.8. The second-order valence-electron chi connectivity index (χ2n) is 3.29. The molecule has 0 unspecified atom stereocenters. The molecule has 0 fully saturated rings. The zero-order valence-electron chi connectivity index (χ0n) is 8.06. The fraction of sp³-hybridized carbons (Fsp3) is 0.0909. The lowest BCUT2D eigenvalue weighted by Crippen LogP contribution is -1.97. The first kappa shape index (κ1) is 9.45. The molecule has 2 aromatic rings. The maximum Gasteiger partial charge on any atom is 0.339 e. The highest BCUT2D eigenvalue weighted by molar-refractivity contribution is 5.99. The number of carbonyl (C=O) groups is 1. The molecular formula is C11H9NO3. The minimum absolute atomic E-state index is 0.104. The van der Waals surface area contributed by atoms with E-state index in [-0.39, 0.29) is 11.3 Å². The van der Waals surface area contributed by atoms with Crippen molar-refractivity contribution in [1.29, 1.82) is 0 Å². The number of hydrogen-bond donors (Lipinski definition) is 2. The largest absolute Gasteiger partial charge is 0.506 e. The van der Waals surface area contributed by atoms with E-state index in [0.29, 0.717) is 10.9 Å². The number of nitrogens with zero attached hydrogens (tertiary/aromatic N) is 1. The molecule has 76 valence electrons. The number of fused-ring (bicyclic) bond motifs is 1. The molecule has 0 bridgehead atoms. The smallest absolute Gasteiger partial charge is 0.339 e. The molecule has 1 aromatic carbocycles. The normalized spacial score (nSPS) is 10.5. The Kier molecular flexibility index (Phi) is 2.04. The second-order valence-corrected chi connectivity index (χ2v) is 3.29. The first-order chi connectivity index (χ1) is 7.09. The summed E-state index contributed by atoms with van der Waals surface area (Å²) in [5.74, 6) is -1.37. The first-order valence-corrected chi connectivity index (χ1v) is 4.42. The Morgan fingerprint density at radius 2 is 2.00 bits per heavy atom. The average molecular weight is 203 g/mol. The topological polar surface area (TPSA) is 70.4 Å². The van der Waals surface area contributed by atoms with Gasteiger partial charge in [0.15, 0.2) is 0 Å². The Hall–Kier alpha value is -2.10. The lowest BCUT2D eigenvalue weighted by molar-refractivity contribution is 0.0694. The molecule has 0 spiro atoms. The third kappa shape index (κ3) is 1.50. The number of pyridine rings is 1. The Morgan fingerprint density at radius 3 is 2.67 bits per heavy atom. The van der Waals surface area contributed by atoms with E-state index in [2.05, 4.69) is 4.98 Å². The van der Waals surface area contributed by atoms with Crippen molar-refractivity contribution in [3.63, 3.8) is 0 Å². The monoisotopic (exact) mass is 203 g/mol. The summed E-state index contributed by atoms with van der Waals surface area (Å²) in [4.78, 5) is 14.9. The first-order valence-electron chi connectivity index (χ1n) is 4.42. The zero-order chi connectivity index (χ0) is 11.0. The van der Waals surface area contributed by atoms with Crippen molar-refractivity contribution in [3.8, 4) is 5.75 Å². The number of aromatic hydroxyl groups is 1. The minimum Gasteiger partial charge on any atom is -0.506 e. The molecule has 2 N–H and O–H groups in total. The van der Waals surface area contributed by atoms with Gasteiger partial charge in [0.1, 0.15) is 11.3 Å². The minimum atomic E-state index is -1.14. The zero-order valence-corrected chi connectivity index (χ0v) is 8.06. The molecule has 2 rings (SSSR count). The molecule has 0 amide bonds. The van der Waals surface area contributed by atoms with Crippen LogP contribution in [0, 0.1) is 6.92 Å².